The maximum atomic E-state index is 13.7. The fraction of sp³-hybridized carbons (Fsp3) is 0.292. The van der Waals surface area contributed by atoms with Crippen LogP contribution in [-0.2, 0) is 9.59 Å². The van der Waals surface area contributed by atoms with Crippen LogP contribution in [0, 0.1) is 11.8 Å². The van der Waals surface area contributed by atoms with Crippen molar-refractivity contribution in [1.29, 1.82) is 0 Å². The standard InChI is InChI=1S/C24H16Cl6N2O5/c1-36-10-7-8-14(37-2)12(9-10)31-19(33)11-5-3-4-6-13(11)32-20(34)15-16(21(32)35)23(28)18(26)17(25)22(15,27)24(23,29)30/h3-9,15-16H,1-2H3,(H,31,33)/t15-,16-,22-,23-/m1/s1. The number of benzene rings is 2. The van der Waals surface area contributed by atoms with E-state index in [9.17, 15) is 14.4 Å². The highest BCUT2D eigenvalue weighted by atomic mass is 35.5. The summed E-state index contributed by atoms with van der Waals surface area (Å²) in [4.78, 5) is 37.8. The largest absolute Gasteiger partial charge is 0.497 e. The Morgan fingerprint density at radius 1 is 0.892 bits per heavy atom. The monoisotopic (exact) mass is 622 g/mol. The minimum absolute atomic E-state index is 0.00758. The number of carbonyl (C=O) groups excluding carboxylic acids is 3. The van der Waals surface area contributed by atoms with Gasteiger partial charge in [0.15, 0.2) is 4.33 Å². The number of hydrogen-bond acceptors (Lipinski definition) is 5. The van der Waals surface area contributed by atoms with E-state index in [1.54, 1.807) is 30.3 Å². The molecule has 1 aliphatic heterocycles. The number of nitrogens with zero attached hydrogens (tertiary/aromatic N) is 1. The third kappa shape index (κ3) is 3.25. The highest BCUT2D eigenvalue weighted by molar-refractivity contribution is 6.67. The van der Waals surface area contributed by atoms with Crippen LogP contribution in [0.15, 0.2) is 52.5 Å². The zero-order valence-corrected chi connectivity index (χ0v) is 23.5. The maximum absolute atomic E-state index is 13.7. The summed E-state index contributed by atoms with van der Waals surface area (Å²) in [6, 6.07) is 10.9. The van der Waals surface area contributed by atoms with Crippen molar-refractivity contribution in [2.45, 2.75) is 14.1 Å². The van der Waals surface area contributed by atoms with Crippen LogP contribution in [0.3, 0.4) is 0 Å². The SMILES string of the molecule is COc1ccc(OC)c(NC(=O)c2ccccc2N2C(=O)[C@H]3[C@H](C2=O)[C@@]2(Cl)C(Cl)=C(Cl)[C@@]3(Cl)C2(Cl)Cl)c1. The number of carbonyl (C=O) groups is 3. The van der Waals surface area contributed by atoms with Crippen molar-refractivity contribution in [3.63, 3.8) is 0 Å². The summed E-state index contributed by atoms with van der Waals surface area (Å²) < 4.78 is 8.48. The van der Waals surface area contributed by atoms with Crippen molar-refractivity contribution in [2.24, 2.45) is 11.8 Å². The van der Waals surface area contributed by atoms with Crippen molar-refractivity contribution in [2.75, 3.05) is 24.4 Å². The van der Waals surface area contributed by atoms with E-state index in [1.807, 2.05) is 0 Å². The zero-order chi connectivity index (χ0) is 27.1. The van der Waals surface area contributed by atoms with Crippen LogP contribution in [0.4, 0.5) is 11.4 Å². The lowest BCUT2D eigenvalue weighted by Gasteiger charge is -2.34. The number of fused-ring (bicyclic) bond motifs is 5. The van der Waals surface area contributed by atoms with Crippen LogP contribution in [0.1, 0.15) is 10.4 Å². The van der Waals surface area contributed by atoms with Gasteiger partial charge in [-0.2, -0.15) is 0 Å². The molecule has 0 unspecified atom stereocenters. The first kappa shape index (κ1) is 26.7. The van der Waals surface area contributed by atoms with Crippen LogP contribution in [0.5, 0.6) is 11.5 Å². The molecule has 7 nitrogen and oxygen atoms in total. The van der Waals surface area contributed by atoms with E-state index in [0.29, 0.717) is 17.2 Å². The fourth-order valence-electron chi connectivity index (χ4n) is 5.19. The smallest absolute Gasteiger partial charge is 0.257 e. The normalized spacial score (nSPS) is 29.6. The van der Waals surface area contributed by atoms with Gasteiger partial charge < -0.3 is 14.8 Å². The molecule has 37 heavy (non-hydrogen) atoms. The van der Waals surface area contributed by atoms with Gasteiger partial charge in [-0.25, -0.2) is 4.90 Å². The molecule has 2 fully saturated rings. The number of halogens is 6. The molecule has 2 aliphatic carbocycles. The van der Waals surface area contributed by atoms with Gasteiger partial charge in [-0.1, -0.05) is 58.5 Å². The lowest BCUT2D eigenvalue weighted by molar-refractivity contribution is -0.123. The van der Waals surface area contributed by atoms with E-state index in [1.165, 1.54) is 26.4 Å². The topological polar surface area (TPSA) is 84.9 Å². The lowest BCUT2D eigenvalue weighted by atomic mass is 9.84. The Kier molecular flexibility index (Phi) is 6.38. The van der Waals surface area contributed by atoms with Gasteiger partial charge in [0, 0.05) is 6.07 Å². The van der Waals surface area contributed by atoms with Crippen LogP contribution < -0.4 is 19.7 Å². The minimum atomic E-state index is -2.05. The number of methoxy groups -OCH3 is 2. The Morgan fingerprint density at radius 3 is 2.00 bits per heavy atom. The molecular weight excluding hydrogens is 609 g/mol. The van der Waals surface area contributed by atoms with Gasteiger partial charge in [-0.05, 0) is 24.3 Å². The van der Waals surface area contributed by atoms with Gasteiger partial charge in [0.1, 0.15) is 21.2 Å². The van der Waals surface area contributed by atoms with E-state index in [0.717, 1.165) is 4.90 Å². The summed E-state index contributed by atoms with van der Waals surface area (Å²) in [7, 11) is 2.93. The number of amides is 3. The first-order valence-corrected chi connectivity index (χ1v) is 13.0. The van der Waals surface area contributed by atoms with Crippen molar-refractivity contribution >= 4 is 98.7 Å². The van der Waals surface area contributed by atoms with E-state index in [4.69, 9.17) is 79.1 Å². The molecule has 0 aromatic heterocycles. The van der Waals surface area contributed by atoms with Gasteiger partial charge in [-0.15, -0.1) is 23.2 Å². The molecule has 0 spiro atoms. The molecule has 3 amide bonds. The number of rotatable bonds is 5. The second-order valence-corrected chi connectivity index (χ2v) is 11.9. The Bertz CT molecular complexity index is 1370. The molecule has 1 heterocycles. The van der Waals surface area contributed by atoms with Gasteiger partial charge in [-0.3, -0.25) is 14.4 Å². The van der Waals surface area contributed by atoms with E-state index >= 15 is 0 Å². The summed E-state index contributed by atoms with van der Waals surface area (Å²) >= 11 is 39.4. The van der Waals surface area contributed by atoms with Crippen molar-refractivity contribution < 1.29 is 23.9 Å². The summed E-state index contributed by atoms with van der Waals surface area (Å²) in [6.07, 6.45) is 0. The fourth-order valence-corrected chi connectivity index (χ4v) is 8.12. The van der Waals surface area contributed by atoms with E-state index in [2.05, 4.69) is 5.32 Å². The Balaban J connectivity index is 1.56. The Labute approximate surface area is 241 Å². The third-order valence-corrected chi connectivity index (χ3v) is 11.2. The molecule has 2 aromatic rings. The van der Waals surface area contributed by atoms with Crippen molar-refractivity contribution in [3.8, 4) is 11.5 Å². The lowest BCUT2D eigenvalue weighted by Crippen LogP contribution is -2.50. The second kappa shape index (κ2) is 8.83. The van der Waals surface area contributed by atoms with Gasteiger partial charge >= 0.3 is 0 Å². The molecule has 3 aliphatic rings. The Hall–Kier alpha value is -1.87. The van der Waals surface area contributed by atoms with Crippen LogP contribution in [0.25, 0.3) is 0 Å². The molecule has 1 saturated carbocycles. The van der Waals surface area contributed by atoms with E-state index in [-0.39, 0.29) is 21.3 Å². The molecular formula is C24H16Cl6N2O5. The zero-order valence-electron chi connectivity index (χ0n) is 19.0. The molecule has 1 saturated heterocycles. The summed E-state index contributed by atoms with van der Waals surface area (Å²) in [6.45, 7) is 0. The number of alkyl halides is 4. The number of imide groups is 1. The predicted molar refractivity (Wildman–Crippen MR) is 144 cm³/mol. The number of para-hydroxylation sites is 1. The third-order valence-electron chi connectivity index (χ3n) is 6.95. The number of ether oxygens (including phenoxy) is 2. The maximum Gasteiger partial charge on any atom is 0.257 e. The van der Waals surface area contributed by atoms with Crippen molar-refractivity contribution in [3.05, 3.63) is 58.1 Å². The van der Waals surface area contributed by atoms with E-state index < -0.39 is 43.6 Å². The molecule has 194 valence electrons. The highest BCUT2D eigenvalue weighted by Crippen LogP contribution is 2.77. The van der Waals surface area contributed by atoms with Crippen LogP contribution in [-0.4, -0.2) is 46.0 Å². The minimum Gasteiger partial charge on any atom is -0.497 e. The molecule has 5 rings (SSSR count). The highest BCUT2D eigenvalue weighted by Gasteiger charge is 2.87. The van der Waals surface area contributed by atoms with Gasteiger partial charge in [0.25, 0.3) is 5.91 Å². The number of nitrogens with one attached hydrogen (secondary N) is 1. The molecule has 13 heteroatoms. The first-order chi connectivity index (χ1) is 17.4. The average Bonchev–Trinajstić information content (AvgIpc) is 3.27. The number of allylic oxidation sites excluding steroid dienone is 2. The van der Waals surface area contributed by atoms with Crippen molar-refractivity contribution in [1.82, 2.24) is 0 Å². The van der Waals surface area contributed by atoms with Crippen LogP contribution in [0.2, 0.25) is 0 Å². The number of anilines is 2. The molecule has 2 aromatic carbocycles. The van der Waals surface area contributed by atoms with Crippen LogP contribution >= 0.6 is 69.6 Å². The number of hydrogen-bond donors (Lipinski definition) is 1. The molecule has 1 N–H and O–H groups in total. The summed E-state index contributed by atoms with van der Waals surface area (Å²) in [5, 5.41) is 2.33. The van der Waals surface area contributed by atoms with Gasteiger partial charge in [0.2, 0.25) is 11.8 Å². The quantitative estimate of drug-likeness (QED) is 0.330. The first-order valence-electron chi connectivity index (χ1n) is 10.7. The molecule has 0 radical (unpaired) electrons. The Morgan fingerprint density at radius 2 is 1.46 bits per heavy atom. The molecule has 4 atom stereocenters. The average molecular weight is 625 g/mol. The predicted octanol–water partition coefficient (Wildman–Crippen LogP) is 5.91. The van der Waals surface area contributed by atoms with Gasteiger partial charge in [0.05, 0.1) is 53.1 Å². The second-order valence-electron chi connectivity index (χ2n) is 8.63. The summed E-state index contributed by atoms with van der Waals surface area (Å²) in [5.74, 6) is -3.95. The summed E-state index contributed by atoms with van der Waals surface area (Å²) in [5.41, 5.74) is 0.335. The molecule has 2 bridgehead atoms.